The van der Waals surface area contributed by atoms with E-state index in [0.29, 0.717) is 19.6 Å². The summed E-state index contributed by atoms with van der Waals surface area (Å²) in [5.74, 6) is -0.0503. The molecule has 2 saturated heterocycles. The molecule has 22 heavy (non-hydrogen) atoms. The Morgan fingerprint density at radius 3 is 2.73 bits per heavy atom. The molecule has 1 amide bonds. The number of nitrogens with two attached hydrogens (primary N) is 1. The number of pyridine rings is 1. The van der Waals surface area contributed by atoms with Crippen LogP contribution in [0.1, 0.15) is 5.69 Å². The Balaban J connectivity index is 1.82. The number of piperazine rings is 1. The van der Waals surface area contributed by atoms with Gasteiger partial charge in [-0.2, -0.15) is 0 Å². The van der Waals surface area contributed by atoms with Crippen molar-refractivity contribution in [1.29, 1.82) is 0 Å². The number of nitrogens with zero attached hydrogens (tertiary/aromatic N) is 3. The molecule has 0 bridgehead atoms. The van der Waals surface area contributed by atoms with Gasteiger partial charge in [0.05, 0.1) is 29.8 Å². The number of rotatable bonds is 3. The minimum absolute atomic E-state index is 0.0299. The van der Waals surface area contributed by atoms with Gasteiger partial charge in [-0.25, -0.2) is 8.42 Å². The van der Waals surface area contributed by atoms with E-state index >= 15 is 0 Å². The van der Waals surface area contributed by atoms with Crippen LogP contribution in [0, 0.1) is 0 Å². The number of sulfone groups is 1. The van der Waals surface area contributed by atoms with Crippen LogP contribution >= 0.6 is 0 Å². The summed E-state index contributed by atoms with van der Waals surface area (Å²) in [5, 5.41) is 0. The molecule has 2 N–H and O–H groups in total. The second-order valence-electron chi connectivity index (χ2n) is 5.79. The number of hydrogen-bond donors (Lipinski definition) is 1. The monoisotopic (exact) mass is 324 g/mol. The summed E-state index contributed by atoms with van der Waals surface area (Å²) < 4.78 is 24.1. The molecule has 2 atom stereocenters. The summed E-state index contributed by atoms with van der Waals surface area (Å²) in [6.07, 6.45) is 1.73. The number of amides is 1. The molecule has 0 saturated carbocycles. The molecular formula is C14H20N4O3S. The molecule has 8 heteroatoms. The zero-order chi connectivity index (χ0) is 15.7. The number of fused-ring (bicyclic) bond motifs is 1. The minimum atomic E-state index is -3.13. The van der Waals surface area contributed by atoms with E-state index in [-0.39, 0.29) is 36.0 Å². The van der Waals surface area contributed by atoms with Gasteiger partial charge in [0.15, 0.2) is 9.84 Å². The van der Waals surface area contributed by atoms with E-state index in [4.69, 9.17) is 5.73 Å². The lowest BCUT2D eigenvalue weighted by atomic mass is 10.0. The van der Waals surface area contributed by atoms with E-state index in [1.807, 2.05) is 18.2 Å². The molecular weight excluding hydrogens is 304 g/mol. The highest BCUT2D eigenvalue weighted by Gasteiger charge is 2.47. The molecule has 3 heterocycles. The van der Waals surface area contributed by atoms with Crippen LogP contribution in [-0.4, -0.2) is 72.3 Å². The van der Waals surface area contributed by atoms with Crippen LogP contribution in [-0.2, 0) is 21.2 Å². The fourth-order valence-electron chi connectivity index (χ4n) is 3.35. The van der Waals surface area contributed by atoms with Crippen molar-refractivity contribution in [3.8, 4) is 0 Å². The van der Waals surface area contributed by atoms with E-state index in [9.17, 15) is 13.2 Å². The maximum atomic E-state index is 12.0. The number of carbonyl (C=O) groups is 1. The van der Waals surface area contributed by atoms with Crippen LogP contribution in [0.15, 0.2) is 24.4 Å². The largest absolute Gasteiger partial charge is 0.335 e. The van der Waals surface area contributed by atoms with Crippen LogP contribution in [0.25, 0.3) is 0 Å². The third-order valence-electron chi connectivity index (χ3n) is 4.38. The summed E-state index contributed by atoms with van der Waals surface area (Å²) in [7, 11) is -3.13. The fraction of sp³-hybridized carbons (Fsp3) is 0.571. The molecule has 7 nitrogen and oxygen atoms in total. The summed E-state index contributed by atoms with van der Waals surface area (Å²) in [6, 6.07) is 5.23. The average Bonchev–Trinajstić information content (AvgIpc) is 2.83. The van der Waals surface area contributed by atoms with Gasteiger partial charge in [0.25, 0.3) is 0 Å². The Labute approximate surface area is 130 Å². The van der Waals surface area contributed by atoms with Crippen LogP contribution in [0.4, 0.5) is 0 Å². The van der Waals surface area contributed by atoms with Gasteiger partial charge in [0.2, 0.25) is 5.91 Å². The maximum absolute atomic E-state index is 12.0. The fourth-order valence-corrected chi connectivity index (χ4v) is 5.36. The summed E-state index contributed by atoms with van der Waals surface area (Å²) >= 11 is 0. The molecule has 0 spiro atoms. The van der Waals surface area contributed by atoms with Crippen molar-refractivity contribution in [1.82, 2.24) is 14.8 Å². The molecule has 0 unspecified atom stereocenters. The zero-order valence-electron chi connectivity index (χ0n) is 12.3. The molecule has 1 aromatic heterocycles. The van der Waals surface area contributed by atoms with Crippen molar-refractivity contribution < 1.29 is 13.2 Å². The summed E-state index contributed by atoms with van der Waals surface area (Å²) in [5.41, 5.74) is 6.35. The standard InChI is InChI=1S/C14H20N4O3S/c15-7-14(19)18-6-5-17(8-11-3-1-2-4-16-11)12-9-22(20,21)10-13(12)18/h1-4,12-13H,5-10,15H2/t12-,13+/m1/s1. The highest BCUT2D eigenvalue weighted by molar-refractivity contribution is 7.91. The SMILES string of the molecule is NCC(=O)N1CCN(Cc2ccccn2)[C@@H]2CS(=O)(=O)C[C@@H]21. The second-order valence-corrected chi connectivity index (χ2v) is 7.95. The van der Waals surface area contributed by atoms with Gasteiger partial charge in [-0.05, 0) is 12.1 Å². The van der Waals surface area contributed by atoms with Crippen molar-refractivity contribution in [2.75, 3.05) is 31.1 Å². The van der Waals surface area contributed by atoms with Crippen LogP contribution in [0.5, 0.6) is 0 Å². The Kier molecular flexibility index (Phi) is 4.16. The number of aromatic nitrogens is 1. The maximum Gasteiger partial charge on any atom is 0.236 e. The molecule has 2 aliphatic heterocycles. The van der Waals surface area contributed by atoms with E-state index in [1.165, 1.54) is 0 Å². The summed E-state index contributed by atoms with van der Waals surface area (Å²) in [6.45, 7) is 1.67. The lowest BCUT2D eigenvalue weighted by molar-refractivity contribution is -0.135. The molecule has 120 valence electrons. The van der Waals surface area contributed by atoms with Crippen molar-refractivity contribution in [3.05, 3.63) is 30.1 Å². The average molecular weight is 324 g/mol. The van der Waals surface area contributed by atoms with E-state index in [1.54, 1.807) is 11.1 Å². The minimum Gasteiger partial charge on any atom is -0.335 e. The Hall–Kier alpha value is -1.51. The normalized spacial score (nSPS) is 27.6. The number of hydrogen-bond acceptors (Lipinski definition) is 6. The number of carbonyl (C=O) groups excluding carboxylic acids is 1. The van der Waals surface area contributed by atoms with Crippen LogP contribution in [0.2, 0.25) is 0 Å². The van der Waals surface area contributed by atoms with E-state index < -0.39 is 9.84 Å². The Morgan fingerprint density at radius 2 is 2.05 bits per heavy atom. The molecule has 0 aromatic carbocycles. The van der Waals surface area contributed by atoms with Gasteiger partial charge >= 0.3 is 0 Å². The Morgan fingerprint density at radius 1 is 1.27 bits per heavy atom. The first-order valence-electron chi connectivity index (χ1n) is 7.34. The van der Waals surface area contributed by atoms with Crippen molar-refractivity contribution in [3.63, 3.8) is 0 Å². The predicted molar refractivity (Wildman–Crippen MR) is 81.6 cm³/mol. The summed E-state index contributed by atoms with van der Waals surface area (Å²) in [4.78, 5) is 20.0. The first kappa shape index (κ1) is 15.4. The lowest BCUT2D eigenvalue weighted by Gasteiger charge is -2.43. The van der Waals surface area contributed by atoms with Crippen LogP contribution < -0.4 is 5.73 Å². The highest BCUT2D eigenvalue weighted by Crippen LogP contribution is 2.27. The second kappa shape index (κ2) is 5.94. The molecule has 0 aliphatic carbocycles. The van der Waals surface area contributed by atoms with E-state index in [0.717, 1.165) is 5.69 Å². The highest BCUT2D eigenvalue weighted by atomic mass is 32.2. The molecule has 1 aromatic rings. The van der Waals surface area contributed by atoms with Gasteiger partial charge in [-0.3, -0.25) is 14.7 Å². The first-order valence-corrected chi connectivity index (χ1v) is 9.16. The quantitative estimate of drug-likeness (QED) is 0.754. The van der Waals surface area contributed by atoms with Crippen molar-refractivity contribution in [2.45, 2.75) is 18.6 Å². The van der Waals surface area contributed by atoms with Crippen molar-refractivity contribution >= 4 is 15.7 Å². The topological polar surface area (TPSA) is 96.6 Å². The molecule has 2 fully saturated rings. The molecule has 2 aliphatic rings. The smallest absolute Gasteiger partial charge is 0.236 e. The third-order valence-corrected chi connectivity index (χ3v) is 6.08. The van der Waals surface area contributed by atoms with Gasteiger partial charge in [0, 0.05) is 31.9 Å². The van der Waals surface area contributed by atoms with Gasteiger partial charge in [-0.1, -0.05) is 6.07 Å². The lowest BCUT2D eigenvalue weighted by Crippen LogP contribution is -2.61. The first-order chi connectivity index (χ1) is 10.5. The van der Waals surface area contributed by atoms with Crippen LogP contribution in [0.3, 0.4) is 0 Å². The molecule has 3 rings (SSSR count). The Bertz CT molecular complexity index is 649. The third kappa shape index (κ3) is 2.99. The molecule has 0 radical (unpaired) electrons. The predicted octanol–water partition coefficient (Wildman–Crippen LogP) is -1.15. The van der Waals surface area contributed by atoms with Gasteiger partial charge in [0.1, 0.15) is 0 Å². The van der Waals surface area contributed by atoms with E-state index in [2.05, 4.69) is 9.88 Å². The zero-order valence-corrected chi connectivity index (χ0v) is 13.1. The van der Waals surface area contributed by atoms with Gasteiger partial charge in [-0.15, -0.1) is 0 Å². The van der Waals surface area contributed by atoms with Crippen molar-refractivity contribution in [2.24, 2.45) is 5.73 Å². The van der Waals surface area contributed by atoms with Gasteiger partial charge < -0.3 is 10.6 Å².